The summed E-state index contributed by atoms with van der Waals surface area (Å²) in [6, 6.07) is 8.69. The molecule has 0 aliphatic heterocycles. The summed E-state index contributed by atoms with van der Waals surface area (Å²) < 4.78 is 75.4. The van der Waals surface area contributed by atoms with Gasteiger partial charge in [0.25, 0.3) is 0 Å². The molecule has 0 saturated carbocycles. The molecular weight excluding hydrogens is 483 g/mol. The standard InChI is InChI=1S/C25H17F5N4O2/c1-11-32-23-18(33(11)2)10-19(36-25(29)30)20(22(23)31)13-4-3-7-34-16(13)5-6-17(34)24(35)12-8-14(26)21(28)15(27)9-12/h3-10,25H,31H2,1-2H3. The lowest BCUT2D eigenvalue weighted by atomic mass is 10.0. The van der Waals surface area contributed by atoms with Gasteiger partial charge in [0.2, 0.25) is 5.78 Å². The number of alkyl halides is 2. The van der Waals surface area contributed by atoms with Crippen molar-refractivity contribution in [2.45, 2.75) is 13.5 Å². The molecule has 0 radical (unpaired) electrons. The number of ether oxygens (including phenoxy) is 1. The van der Waals surface area contributed by atoms with Crippen LogP contribution in [0.15, 0.2) is 48.7 Å². The lowest BCUT2D eigenvalue weighted by Crippen LogP contribution is -2.08. The summed E-state index contributed by atoms with van der Waals surface area (Å²) in [6.45, 7) is -1.40. The molecular formula is C25H17F5N4O2. The van der Waals surface area contributed by atoms with Crippen LogP contribution in [0, 0.1) is 24.4 Å². The number of aromatic nitrogens is 3. The van der Waals surface area contributed by atoms with E-state index >= 15 is 0 Å². The maximum Gasteiger partial charge on any atom is 0.387 e. The number of nitrogen functional groups attached to an aromatic ring is 1. The topological polar surface area (TPSA) is 74.5 Å². The van der Waals surface area contributed by atoms with Crippen LogP contribution in [0.5, 0.6) is 5.75 Å². The predicted octanol–water partition coefficient (Wildman–Crippen LogP) is 5.63. The zero-order valence-corrected chi connectivity index (χ0v) is 18.8. The number of halogens is 5. The summed E-state index contributed by atoms with van der Waals surface area (Å²) in [6.07, 6.45) is 1.51. The average molecular weight is 500 g/mol. The number of carbonyl (C=O) groups excluding carboxylic acids is 1. The second-order valence-corrected chi connectivity index (χ2v) is 8.11. The Morgan fingerprint density at radius 2 is 1.75 bits per heavy atom. The minimum atomic E-state index is -3.14. The number of pyridine rings is 1. The molecule has 0 amide bonds. The summed E-state index contributed by atoms with van der Waals surface area (Å²) in [5, 5.41) is 0. The van der Waals surface area contributed by atoms with Gasteiger partial charge in [0, 0.05) is 30.4 Å². The van der Waals surface area contributed by atoms with E-state index in [4.69, 9.17) is 10.5 Å². The molecule has 0 unspecified atom stereocenters. The highest BCUT2D eigenvalue weighted by molar-refractivity contribution is 6.10. The Labute approximate surface area is 200 Å². The number of rotatable bonds is 5. The number of nitrogens with two attached hydrogens (primary N) is 1. The molecule has 0 bridgehead atoms. The maximum atomic E-state index is 13.7. The van der Waals surface area contributed by atoms with Crippen LogP contribution in [0.2, 0.25) is 0 Å². The molecule has 184 valence electrons. The zero-order valence-electron chi connectivity index (χ0n) is 18.8. The largest absolute Gasteiger partial charge is 0.434 e. The van der Waals surface area contributed by atoms with Crippen LogP contribution in [0.3, 0.4) is 0 Å². The Morgan fingerprint density at radius 1 is 1.06 bits per heavy atom. The summed E-state index contributed by atoms with van der Waals surface area (Å²) in [5.41, 5.74) is 7.85. The van der Waals surface area contributed by atoms with Gasteiger partial charge in [-0.15, -0.1) is 0 Å². The summed E-state index contributed by atoms with van der Waals surface area (Å²) >= 11 is 0. The third kappa shape index (κ3) is 3.55. The van der Waals surface area contributed by atoms with Gasteiger partial charge in [-0.05, 0) is 37.3 Å². The molecule has 2 N–H and O–H groups in total. The second kappa shape index (κ2) is 8.36. The molecule has 3 aromatic heterocycles. The number of hydrogen-bond donors (Lipinski definition) is 1. The van der Waals surface area contributed by atoms with Gasteiger partial charge in [0.1, 0.15) is 17.1 Å². The molecule has 0 fully saturated rings. The van der Waals surface area contributed by atoms with Crippen LogP contribution in [0.1, 0.15) is 21.9 Å². The molecule has 0 aliphatic rings. The number of nitrogens with zero attached hydrogens (tertiary/aromatic N) is 3. The highest BCUT2D eigenvalue weighted by Gasteiger charge is 2.24. The van der Waals surface area contributed by atoms with Gasteiger partial charge >= 0.3 is 6.61 Å². The van der Waals surface area contributed by atoms with Crippen LogP contribution >= 0.6 is 0 Å². The number of fused-ring (bicyclic) bond motifs is 2. The van der Waals surface area contributed by atoms with E-state index in [-0.39, 0.29) is 22.7 Å². The quantitative estimate of drug-likeness (QED) is 0.147. The van der Waals surface area contributed by atoms with Crippen molar-refractivity contribution in [1.29, 1.82) is 0 Å². The van der Waals surface area contributed by atoms with Gasteiger partial charge in [0.05, 0.1) is 28.0 Å². The maximum absolute atomic E-state index is 13.7. The number of anilines is 1. The van der Waals surface area contributed by atoms with E-state index in [2.05, 4.69) is 4.98 Å². The van der Waals surface area contributed by atoms with Crippen LogP contribution in [-0.4, -0.2) is 26.3 Å². The first-order valence-corrected chi connectivity index (χ1v) is 10.6. The number of aryl methyl sites for hydroxylation is 2. The first-order chi connectivity index (χ1) is 17.1. The molecule has 36 heavy (non-hydrogen) atoms. The van der Waals surface area contributed by atoms with Crippen LogP contribution in [0.4, 0.5) is 27.6 Å². The molecule has 3 heterocycles. The number of hydrogen-bond acceptors (Lipinski definition) is 4. The van der Waals surface area contributed by atoms with Crippen molar-refractivity contribution < 1.29 is 31.5 Å². The number of ketones is 1. The van der Waals surface area contributed by atoms with Crippen molar-refractivity contribution in [2.24, 2.45) is 7.05 Å². The first-order valence-electron chi connectivity index (χ1n) is 10.6. The van der Waals surface area contributed by atoms with Gasteiger partial charge in [-0.25, -0.2) is 18.2 Å². The van der Waals surface area contributed by atoms with Crippen LogP contribution < -0.4 is 10.5 Å². The minimum absolute atomic E-state index is 0.00177. The van der Waals surface area contributed by atoms with E-state index in [0.29, 0.717) is 40.1 Å². The first kappa shape index (κ1) is 23.3. The number of imidazole rings is 1. The molecule has 0 spiro atoms. The Morgan fingerprint density at radius 3 is 2.42 bits per heavy atom. The lowest BCUT2D eigenvalue weighted by Gasteiger charge is -2.16. The highest BCUT2D eigenvalue weighted by atomic mass is 19.3. The molecule has 6 nitrogen and oxygen atoms in total. The van der Waals surface area contributed by atoms with Gasteiger partial charge in [-0.3, -0.25) is 4.79 Å². The van der Waals surface area contributed by atoms with E-state index < -0.39 is 35.4 Å². The van der Waals surface area contributed by atoms with Crippen LogP contribution in [-0.2, 0) is 7.05 Å². The summed E-state index contributed by atoms with van der Waals surface area (Å²) in [5.74, 6) is -5.05. The van der Waals surface area contributed by atoms with Crippen molar-refractivity contribution in [3.63, 3.8) is 0 Å². The number of carbonyl (C=O) groups is 1. The molecule has 5 aromatic rings. The molecule has 5 rings (SSSR count). The Bertz CT molecular complexity index is 1670. The Kier molecular flexibility index (Phi) is 5.42. The second-order valence-electron chi connectivity index (χ2n) is 8.11. The van der Waals surface area contributed by atoms with Crippen molar-refractivity contribution in [3.8, 4) is 16.9 Å². The smallest absolute Gasteiger partial charge is 0.387 e. The molecule has 2 aromatic carbocycles. The fourth-order valence-corrected chi connectivity index (χ4v) is 4.27. The predicted molar refractivity (Wildman–Crippen MR) is 123 cm³/mol. The Balaban J connectivity index is 1.73. The van der Waals surface area contributed by atoms with E-state index in [1.54, 1.807) is 30.7 Å². The van der Waals surface area contributed by atoms with Crippen molar-refractivity contribution in [2.75, 3.05) is 5.73 Å². The van der Waals surface area contributed by atoms with Gasteiger partial charge in [-0.2, -0.15) is 8.78 Å². The molecule has 0 aliphatic carbocycles. The van der Waals surface area contributed by atoms with E-state index in [1.165, 1.54) is 28.8 Å². The normalized spacial score (nSPS) is 11.7. The van der Waals surface area contributed by atoms with E-state index in [1.807, 2.05) is 0 Å². The molecule has 11 heteroatoms. The zero-order chi connectivity index (χ0) is 25.9. The molecule has 0 saturated heterocycles. The monoisotopic (exact) mass is 500 g/mol. The Hall–Kier alpha value is -4.41. The third-order valence-corrected chi connectivity index (χ3v) is 6.06. The molecule has 0 atom stereocenters. The van der Waals surface area contributed by atoms with Gasteiger partial charge in [0.15, 0.2) is 17.5 Å². The summed E-state index contributed by atoms with van der Waals surface area (Å²) in [4.78, 5) is 17.5. The van der Waals surface area contributed by atoms with Crippen molar-refractivity contribution in [3.05, 3.63) is 83.2 Å². The fourth-order valence-electron chi connectivity index (χ4n) is 4.27. The number of benzene rings is 2. The SMILES string of the molecule is Cc1nc2c(N)c(-c3cccn4c(C(=O)c5cc(F)c(F)c(F)c5)ccc34)c(OC(F)F)cc2n1C. The lowest BCUT2D eigenvalue weighted by molar-refractivity contribution is -0.0493. The highest BCUT2D eigenvalue weighted by Crippen LogP contribution is 2.43. The van der Waals surface area contributed by atoms with Crippen molar-refractivity contribution >= 4 is 28.0 Å². The fraction of sp³-hybridized carbons (Fsp3) is 0.120. The van der Waals surface area contributed by atoms with E-state index in [9.17, 15) is 26.7 Å². The summed E-state index contributed by atoms with van der Waals surface area (Å²) in [7, 11) is 1.71. The third-order valence-electron chi connectivity index (χ3n) is 6.06. The van der Waals surface area contributed by atoms with Gasteiger partial charge in [-0.1, -0.05) is 6.07 Å². The van der Waals surface area contributed by atoms with E-state index in [0.717, 1.165) is 0 Å². The minimum Gasteiger partial charge on any atom is -0.434 e. The average Bonchev–Trinajstić information content (AvgIpc) is 3.38. The van der Waals surface area contributed by atoms with Crippen molar-refractivity contribution in [1.82, 2.24) is 14.0 Å². The van der Waals surface area contributed by atoms with Gasteiger partial charge < -0.3 is 19.4 Å². The van der Waals surface area contributed by atoms with Crippen LogP contribution in [0.25, 0.3) is 27.7 Å².